The number of sulfone groups is 2. The Balaban J connectivity index is 4.32. The molecule has 11 heteroatoms. The van der Waals surface area contributed by atoms with Gasteiger partial charge >= 0.3 is 12.0 Å². The molecule has 20 heavy (non-hydrogen) atoms. The monoisotopic (exact) mass is 330 g/mol. The van der Waals surface area contributed by atoms with E-state index in [9.17, 15) is 26.4 Å². The molecule has 0 spiro atoms. The summed E-state index contributed by atoms with van der Waals surface area (Å²) in [5.41, 5.74) is 0. The van der Waals surface area contributed by atoms with E-state index >= 15 is 0 Å². The van der Waals surface area contributed by atoms with E-state index in [1.54, 1.807) is 0 Å². The number of hydrogen-bond acceptors (Lipinski definition) is 6. The molecule has 0 fully saturated rings. The quantitative estimate of drug-likeness (QED) is 0.476. The van der Waals surface area contributed by atoms with E-state index in [0.717, 1.165) is 12.5 Å². The number of rotatable bonds is 8. The highest BCUT2D eigenvalue weighted by Gasteiger charge is 2.21. The lowest BCUT2D eigenvalue weighted by Gasteiger charge is -2.14. The maximum atomic E-state index is 11.3. The minimum Gasteiger partial charge on any atom is -0.480 e. The van der Waals surface area contributed by atoms with Gasteiger partial charge in [-0.05, 0) is 6.42 Å². The van der Waals surface area contributed by atoms with E-state index in [2.05, 4.69) is 10.6 Å². The Labute approximate surface area is 117 Å². The summed E-state index contributed by atoms with van der Waals surface area (Å²) in [5, 5.41) is 13.1. The van der Waals surface area contributed by atoms with Gasteiger partial charge in [-0.15, -0.1) is 0 Å². The maximum absolute atomic E-state index is 11.3. The van der Waals surface area contributed by atoms with E-state index in [1.165, 1.54) is 0 Å². The molecule has 0 heterocycles. The Hall–Kier alpha value is -1.36. The van der Waals surface area contributed by atoms with Gasteiger partial charge in [0.25, 0.3) is 0 Å². The van der Waals surface area contributed by atoms with Gasteiger partial charge in [-0.25, -0.2) is 26.4 Å². The van der Waals surface area contributed by atoms with Gasteiger partial charge in [0.1, 0.15) is 25.7 Å². The van der Waals surface area contributed by atoms with Crippen molar-refractivity contribution < 1.29 is 31.5 Å². The first-order valence-electron chi connectivity index (χ1n) is 5.53. The zero-order valence-corrected chi connectivity index (χ0v) is 12.8. The molecule has 0 radical (unpaired) electrons. The van der Waals surface area contributed by atoms with Gasteiger partial charge in [-0.3, -0.25) is 0 Å². The predicted molar refractivity (Wildman–Crippen MR) is 72.0 cm³/mol. The Morgan fingerprint density at radius 3 is 1.95 bits per heavy atom. The van der Waals surface area contributed by atoms with Crippen LogP contribution in [0.15, 0.2) is 0 Å². The van der Waals surface area contributed by atoms with E-state index in [-0.39, 0.29) is 24.5 Å². The number of urea groups is 1. The zero-order valence-electron chi connectivity index (χ0n) is 11.1. The van der Waals surface area contributed by atoms with Crippen molar-refractivity contribution in [3.05, 3.63) is 0 Å². The first kappa shape index (κ1) is 18.6. The summed E-state index contributed by atoms with van der Waals surface area (Å²) in [6, 6.07) is -2.22. The summed E-state index contributed by atoms with van der Waals surface area (Å²) < 4.78 is 43.5. The molecule has 0 rings (SSSR count). The number of nitrogens with one attached hydrogen (secondary N) is 2. The summed E-state index contributed by atoms with van der Waals surface area (Å²) in [6.07, 6.45) is 1.69. The van der Waals surface area contributed by atoms with Gasteiger partial charge in [0.2, 0.25) is 0 Å². The van der Waals surface area contributed by atoms with Gasteiger partial charge < -0.3 is 15.7 Å². The van der Waals surface area contributed by atoms with Crippen molar-refractivity contribution in [1.82, 2.24) is 10.6 Å². The van der Waals surface area contributed by atoms with Gasteiger partial charge in [-0.2, -0.15) is 0 Å². The molecule has 0 bridgehead atoms. The Bertz CT molecular complexity index is 553. The Kier molecular flexibility index (Phi) is 6.92. The molecule has 0 aromatic rings. The molecule has 0 saturated heterocycles. The van der Waals surface area contributed by atoms with E-state index < -0.39 is 37.7 Å². The highest BCUT2D eigenvalue weighted by atomic mass is 32.2. The van der Waals surface area contributed by atoms with Gasteiger partial charge in [-0.1, -0.05) is 0 Å². The number of carbonyl (C=O) groups excluding carboxylic acids is 1. The summed E-state index contributed by atoms with van der Waals surface area (Å²) >= 11 is 0. The lowest BCUT2D eigenvalue weighted by atomic mass is 10.2. The topological polar surface area (TPSA) is 147 Å². The number of aliphatic carboxylic acids is 1. The highest BCUT2D eigenvalue weighted by Crippen LogP contribution is 1.97. The van der Waals surface area contributed by atoms with Crippen LogP contribution in [0.25, 0.3) is 0 Å². The largest absolute Gasteiger partial charge is 0.480 e. The van der Waals surface area contributed by atoms with Crippen molar-refractivity contribution in [3.63, 3.8) is 0 Å². The fourth-order valence-electron chi connectivity index (χ4n) is 1.15. The average molecular weight is 330 g/mol. The maximum Gasteiger partial charge on any atom is 0.326 e. The molecule has 0 saturated carbocycles. The minimum absolute atomic E-state index is 0.164. The number of carboxylic acid groups (broad SMARTS) is 1. The lowest BCUT2D eigenvalue weighted by molar-refractivity contribution is -0.139. The molecule has 9 nitrogen and oxygen atoms in total. The zero-order chi connectivity index (χ0) is 16.0. The van der Waals surface area contributed by atoms with Crippen LogP contribution in [0, 0.1) is 0 Å². The van der Waals surface area contributed by atoms with Crippen LogP contribution in [-0.4, -0.2) is 70.5 Å². The molecule has 1 atom stereocenters. The molecule has 0 aromatic carbocycles. The molecule has 1 unspecified atom stereocenters. The number of carboxylic acids is 1. The number of amides is 2. The number of carbonyl (C=O) groups is 2. The molecule has 0 aromatic heterocycles. The van der Waals surface area contributed by atoms with Crippen LogP contribution in [0.2, 0.25) is 0 Å². The third-order valence-electron chi connectivity index (χ3n) is 2.14. The molecular weight excluding hydrogens is 312 g/mol. The van der Waals surface area contributed by atoms with Crippen LogP contribution in [-0.2, 0) is 24.5 Å². The first-order valence-corrected chi connectivity index (χ1v) is 9.65. The highest BCUT2D eigenvalue weighted by molar-refractivity contribution is 7.90. The molecule has 0 aliphatic heterocycles. The van der Waals surface area contributed by atoms with Crippen LogP contribution < -0.4 is 10.6 Å². The fraction of sp³-hybridized carbons (Fsp3) is 0.778. The van der Waals surface area contributed by atoms with E-state index in [0.29, 0.717) is 0 Å². The summed E-state index contributed by atoms with van der Waals surface area (Å²) in [4.78, 5) is 22.2. The van der Waals surface area contributed by atoms with Crippen molar-refractivity contribution in [2.45, 2.75) is 12.5 Å². The third-order valence-corrected chi connectivity index (χ3v) is 4.06. The second-order valence-electron chi connectivity index (χ2n) is 4.34. The smallest absolute Gasteiger partial charge is 0.326 e. The molecule has 118 valence electrons. The summed E-state index contributed by atoms with van der Waals surface area (Å²) in [5.74, 6) is -2.03. The number of hydrogen-bond donors (Lipinski definition) is 3. The molecule has 0 aliphatic rings. The predicted octanol–water partition coefficient (Wildman–Crippen LogP) is -1.78. The van der Waals surface area contributed by atoms with Crippen molar-refractivity contribution in [2.75, 3.05) is 30.6 Å². The van der Waals surface area contributed by atoms with E-state index in [4.69, 9.17) is 5.11 Å². The second kappa shape index (κ2) is 7.43. The molecule has 2 amide bonds. The molecule has 3 N–H and O–H groups in total. The SMILES string of the molecule is CS(=O)(=O)CCNC(=O)NC(CCS(C)(=O)=O)C(=O)O. The van der Waals surface area contributed by atoms with Crippen LogP contribution >= 0.6 is 0 Å². The van der Waals surface area contributed by atoms with Gasteiger partial charge in [0.15, 0.2) is 0 Å². The first-order chi connectivity index (χ1) is 8.91. The minimum atomic E-state index is -3.34. The summed E-state index contributed by atoms with van der Waals surface area (Å²) in [7, 11) is -6.57. The standard InChI is InChI=1S/C9H18N2O7S2/c1-19(15,16)5-3-7(8(12)13)11-9(14)10-4-6-20(2,17)18/h7H,3-6H2,1-2H3,(H,12,13)(H2,10,11,14). The Morgan fingerprint density at radius 2 is 1.55 bits per heavy atom. The fourth-order valence-corrected chi connectivity index (χ4v) is 2.29. The van der Waals surface area contributed by atoms with Crippen molar-refractivity contribution in [3.8, 4) is 0 Å². The van der Waals surface area contributed by atoms with Crippen LogP contribution in [0.5, 0.6) is 0 Å². The van der Waals surface area contributed by atoms with Gasteiger partial charge in [0.05, 0.1) is 11.5 Å². The summed E-state index contributed by atoms with van der Waals surface area (Å²) in [6.45, 7) is -0.164. The van der Waals surface area contributed by atoms with E-state index in [1.807, 2.05) is 0 Å². The normalized spacial score (nSPS) is 13.5. The average Bonchev–Trinajstić information content (AvgIpc) is 2.20. The van der Waals surface area contributed by atoms with Crippen LogP contribution in [0.4, 0.5) is 4.79 Å². The third kappa shape index (κ3) is 10.6. The Morgan fingerprint density at radius 1 is 1.05 bits per heavy atom. The van der Waals surface area contributed by atoms with Crippen molar-refractivity contribution in [1.29, 1.82) is 0 Å². The second-order valence-corrected chi connectivity index (χ2v) is 8.86. The van der Waals surface area contributed by atoms with Crippen molar-refractivity contribution in [2.24, 2.45) is 0 Å². The molecular formula is C9H18N2O7S2. The van der Waals surface area contributed by atoms with Gasteiger partial charge in [0, 0.05) is 19.1 Å². The van der Waals surface area contributed by atoms with Crippen molar-refractivity contribution >= 4 is 31.7 Å². The molecule has 0 aliphatic carbocycles. The van der Waals surface area contributed by atoms with Crippen LogP contribution in [0.1, 0.15) is 6.42 Å². The van der Waals surface area contributed by atoms with Crippen LogP contribution in [0.3, 0.4) is 0 Å². The lowest BCUT2D eigenvalue weighted by Crippen LogP contribution is -2.47.